The molecule has 0 saturated heterocycles. The monoisotopic (exact) mass is 364 g/mol. The zero-order chi connectivity index (χ0) is 18.0. The third-order valence-electron chi connectivity index (χ3n) is 5.42. The summed E-state index contributed by atoms with van der Waals surface area (Å²) in [7, 11) is 1.74. The van der Waals surface area contributed by atoms with Crippen molar-refractivity contribution in [2.45, 2.75) is 56.8 Å². The number of nitrogens with two attached hydrogens (primary N) is 1. The summed E-state index contributed by atoms with van der Waals surface area (Å²) in [5.41, 5.74) is 5.87. The van der Waals surface area contributed by atoms with E-state index in [9.17, 15) is 4.79 Å². The number of halogens is 1. The molecule has 1 aliphatic carbocycles. The minimum atomic E-state index is -0.255. The quantitative estimate of drug-likeness (QED) is 0.849. The highest BCUT2D eigenvalue weighted by atomic mass is 35.5. The second-order valence-electron chi connectivity index (χ2n) is 6.78. The molecule has 1 fully saturated rings. The van der Waals surface area contributed by atoms with Crippen LogP contribution in [0.1, 0.15) is 39.0 Å². The molecule has 0 unspecified atom stereocenters. The predicted molar refractivity (Wildman–Crippen MR) is 100 cm³/mol. The van der Waals surface area contributed by atoms with Crippen molar-refractivity contribution in [3.8, 4) is 5.75 Å². The number of fused-ring (bicyclic) bond motifs is 1. The predicted octanol–water partition coefficient (Wildman–Crippen LogP) is 3.63. The average Bonchev–Trinajstić information content (AvgIpc) is 2.63. The van der Waals surface area contributed by atoms with Gasteiger partial charge in [-0.1, -0.05) is 18.5 Å². The number of aromatic nitrogens is 1. The summed E-state index contributed by atoms with van der Waals surface area (Å²) in [5, 5.41) is 1.84. The number of aromatic amines is 1. The van der Waals surface area contributed by atoms with Crippen LogP contribution in [0, 0.1) is 0 Å². The van der Waals surface area contributed by atoms with E-state index in [1.54, 1.807) is 19.4 Å². The molecule has 25 heavy (non-hydrogen) atoms. The van der Waals surface area contributed by atoms with E-state index in [2.05, 4.69) is 11.9 Å². The number of rotatable bonds is 5. The van der Waals surface area contributed by atoms with Crippen LogP contribution in [0.25, 0.3) is 10.8 Å². The summed E-state index contributed by atoms with van der Waals surface area (Å²) < 4.78 is 11.9. The van der Waals surface area contributed by atoms with Crippen LogP contribution < -0.4 is 16.0 Å². The third kappa shape index (κ3) is 3.54. The van der Waals surface area contributed by atoms with Crippen molar-refractivity contribution >= 4 is 22.4 Å². The van der Waals surface area contributed by atoms with Gasteiger partial charge in [0, 0.05) is 24.7 Å². The summed E-state index contributed by atoms with van der Waals surface area (Å²) in [6, 6.07) is 5.38. The normalized spacial score (nSPS) is 25.0. The molecule has 5 nitrogen and oxygen atoms in total. The summed E-state index contributed by atoms with van der Waals surface area (Å²) in [6.45, 7) is 2.09. The van der Waals surface area contributed by atoms with Gasteiger partial charge in [0.2, 0.25) is 0 Å². The van der Waals surface area contributed by atoms with E-state index >= 15 is 0 Å². The number of H-pyrrole nitrogens is 1. The lowest BCUT2D eigenvalue weighted by atomic mass is 9.77. The van der Waals surface area contributed by atoms with Crippen LogP contribution in [0.3, 0.4) is 0 Å². The van der Waals surface area contributed by atoms with Crippen LogP contribution in [-0.4, -0.2) is 29.8 Å². The first-order valence-electron chi connectivity index (χ1n) is 8.77. The lowest BCUT2D eigenvalue weighted by Gasteiger charge is -2.42. The maximum atomic E-state index is 11.8. The van der Waals surface area contributed by atoms with Gasteiger partial charge in [-0.15, -0.1) is 0 Å². The summed E-state index contributed by atoms with van der Waals surface area (Å²) in [4.78, 5) is 14.5. The van der Waals surface area contributed by atoms with Crippen molar-refractivity contribution in [2.24, 2.45) is 5.73 Å². The van der Waals surface area contributed by atoms with E-state index in [4.69, 9.17) is 26.8 Å². The molecule has 3 rings (SSSR count). The highest BCUT2D eigenvalue weighted by Gasteiger charge is 2.40. The Morgan fingerprint density at radius 2 is 2.12 bits per heavy atom. The second-order valence-corrected chi connectivity index (χ2v) is 7.18. The van der Waals surface area contributed by atoms with Crippen LogP contribution in [0.2, 0.25) is 5.02 Å². The van der Waals surface area contributed by atoms with Gasteiger partial charge in [-0.25, -0.2) is 0 Å². The van der Waals surface area contributed by atoms with Crippen molar-refractivity contribution in [2.75, 3.05) is 7.11 Å². The zero-order valence-corrected chi connectivity index (χ0v) is 15.4. The molecule has 2 aromatic rings. The Hall–Kier alpha value is -1.56. The SMILES string of the molecule is CC[C@H](N)[C@]1(OC)CC[C@H](Oc2cc3cc[nH]c(=O)c3cc2Cl)CC1. The minimum absolute atomic E-state index is 0.0365. The van der Waals surface area contributed by atoms with Crippen LogP contribution in [0.5, 0.6) is 5.75 Å². The molecule has 6 heteroatoms. The minimum Gasteiger partial charge on any atom is -0.489 e. The van der Waals surface area contributed by atoms with Gasteiger partial charge in [-0.05, 0) is 55.7 Å². The van der Waals surface area contributed by atoms with Crippen LogP contribution >= 0.6 is 11.6 Å². The van der Waals surface area contributed by atoms with E-state index in [1.165, 1.54) is 0 Å². The average molecular weight is 365 g/mol. The molecular formula is C19H25ClN2O3. The molecule has 0 amide bonds. The Kier molecular flexibility index (Phi) is 5.37. The van der Waals surface area contributed by atoms with Gasteiger partial charge in [-0.2, -0.15) is 0 Å². The number of methoxy groups -OCH3 is 1. The molecule has 1 aromatic heterocycles. The van der Waals surface area contributed by atoms with Gasteiger partial charge < -0.3 is 20.2 Å². The van der Waals surface area contributed by atoms with Gasteiger partial charge in [-0.3, -0.25) is 4.79 Å². The first kappa shape index (κ1) is 18.2. The van der Waals surface area contributed by atoms with Crippen molar-refractivity contribution in [1.82, 2.24) is 4.98 Å². The van der Waals surface area contributed by atoms with Crippen LogP contribution in [0.15, 0.2) is 29.2 Å². The Balaban J connectivity index is 1.75. The fourth-order valence-electron chi connectivity index (χ4n) is 3.75. The first-order valence-corrected chi connectivity index (χ1v) is 9.15. The van der Waals surface area contributed by atoms with E-state index in [0.717, 1.165) is 37.5 Å². The van der Waals surface area contributed by atoms with Crippen molar-refractivity contribution < 1.29 is 9.47 Å². The molecule has 1 saturated carbocycles. The number of pyridine rings is 1. The molecule has 1 atom stereocenters. The van der Waals surface area contributed by atoms with E-state index in [-0.39, 0.29) is 23.3 Å². The van der Waals surface area contributed by atoms with Crippen LogP contribution in [-0.2, 0) is 4.74 Å². The summed E-state index contributed by atoms with van der Waals surface area (Å²) in [6.07, 6.45) is 6.06. The maximum Gasteiger partial charge on any atom is 0.255 e. The molecule has 1 aromatic carbocycles. The van der Waals surface area contributed by atoms with Gasteiger partial charge in [0.25, 0.3) is 5.56 Å². The van der Waals surface area contributed by atoms with Gasteiger partial charge in [0.05, 0.1) is 16.7 Å². The molecule has 0 spiro atoms. The number of hydrogen-bond acceptors (Lipinski definition) is 4. The number of ether oxygens (including phenoxy) is 2. The molecule has 3 N–H and O–H groups in total. The molecule has 1 aliphatic rings. The third-order valence-corrected chi connectivity index (χ3v) is 5.72. The number of nitrogens with one attached hydrogen (secondary N) is 1. The first-order chi connectivity index (χ1) is 12.0. The molecular weight excluding hydrogens is 340 g/mol. The second kappa shape index (κ2) is 7.36. The summed E-state index contributed by atoms with van der Waals surface area (Å²) >= 11 is 6.33. The van der Waals surface area contributed by atoms with Gasteiger partial charge in [0.15, 0.2) is 0 Å². The highest BCUT2D eigenvalue weighted by Crippen LogP contribution is 2.37. The lowest BCUT2D eigenvalue weighted by molar-refractivity contribution is -0.0768. The Labute approximate surface area is 152 Å². The van der Waals surface area contributed by atoms with Crippen molar-refractivity contribution in [3.63, 3.8) is 0 Å². The molecule has 0 radical (unpaired) electrons. The molecule has 136 valence electrons. The topological polar surface area (TPSA) is 77.3 Å². The van der Waals surface area contributed by atoms with Crippen molar-refractivity contribution in [3.05, 3.63) is 39.8 Å². The molecule has 0 aliphatic heterocycles. The lowest BCUT2D eigenvalue weighted by Crippen LogP contribution is -2.52. The van der Waals surface area contributed by atoms with E-state index < -0.39 is 0 Å². The van der Waals surface area contributed by atoms with Gasteiger partial charge >= 0.3 is 0 Å². The van der Waals surface area contributed by atoms with Crippen LogP contribution in [0.4, 0.5) is 0 Å². The maximum absolute atomic E-state index is 11.8. The Bertz CT molecular complexity index is 797. The van der Waals surface area contributed by atoms with E-state index in [0.29, 0.717) is 16.2 Å². The van der Waals surface area contributed by atoms with Crippen molar-refractivity contribution in [1.29, 1.82) is 0 Å². The smallest absolute Gasteiger partial charge is 0.255 e. The Morgan fingerprint density at radius 3 is 2.76 bits per heavy atom. The summed E-state index contributed by atoms with van der Waals surface area (Å²) in [5.74, 6) is 0.620. The number of benzene rings is 1. The van der Waals surface area contributed by atoms with Gasteiger partial charge in [0.1, 0.15) is 5.75 Å². The standard InChI is InChI=1S/C19H25ClN2O3/c1-3-17(21)19(24-2)7-4-13(5-8-19)25-16-10-12-6-9-22-18(23)14(12)11-15(16)20/h6,9-11,13,17H,3-5,7-8,21H2,1-2H3,(H,22,23)/t13-,17-,19-/m0/s1. The zero-order valence-electron chi connectivity index (χ0n) is 14.7. The Morgan fingerprint density at radius 1 is 1.40 bits per heavy atom. The molecule has 1 heterocycles. The van der Waals surface area contributed by atoms with E-state index in [1.807, 2.05) is 12.1 Å². The largest absolute Gasteiger partial charge is 0.489 e. The fourth-order valence-corrected chi connectivity index (χ4v) is 3.96. The highest BCUT2D eigenvalue weighted by molar-refractivity contribution is 6.32. The fraction of sp³-hybridized carbons (Fsp3) is 0.526. The molecule has 0 bridgehead atoms. The number of hydrogen-bond donors (Lipinski definition) is 2.